The van der Waals surface area contributed by atoms with E-state index in [-0.39, 0.29) is 5.78 Å². The molecule has 1 aliphatic rings. The Labute approximate surface area is 98.9 Å². The van der Waals surface area contributed by atoms with E-state index in [2.05, 4.69) is 39.2 Å². The van der Waals surface area contributed by atoms with E-state index < -0.39 is 0 Å². The van der Waals surface area contributed by atoms with Gasteiger partial charge in [0, 0.05) is 6.42 Å². The van der Waals surface area contributed by atoms with Gasteiger partial charge in [0.05, 0.1) is 0 Å². The molecule has 0 radical (unpaired) electrons. The molecule has 0 aliphatic heterocycles. The van der Waals surface area contributed by atoms with Gasteiger partial charge in [0.1, 0.15) is 0 Å². The van der Waals surface area contributed by atoms with Gasteiger partial charge >= 0.3 is 0 Å². The van der Waals surface area contributed by atoms with Crippen molar-refractivity contribution in [2.75, 3.05) is 0 Å². The SMILES string of the molecule is C=C1C=CC(C(C)C)CCC(=C)C(=O)CC1. The molecule has 1 atom stereocenters. The van der Waals surface area contributed by atoms with Crippen LogP contribution in [0.25, 0.3) is 0 Å². The lowest BCUT2D eigenvalue weighted by Crippen LogP contribution is -2.10. The molecule has 0 fully saturated rings. The summed E-state index contributed by atoms with van der Waals surface area (Å²) in [5.74, 6) is 1.34. The zero-order valence-corrected chi connectivity index (χ0v) is 10.5. The summed E-state index contributed by atoms with van der Waals surface area (Å²) in [6, 6.07) is 0. The maximum atomic E-state index is 11.7. The van der Waals surface area contributed by atoms with Gasteiger partial charge in [-0.05, 0) is 36.7 Å². The number of hydrogen-bond acceptors (Lipinski definition) is 1. The molecule has 88 valence electrons. The van der Waals surface area contributed by atoms with Gasteiger partial charge in [0.25, 0.3) is 0 Å². The Morgan fingerprint density at radius 2 is 1.94 bits per heavy atom. The number of Topliss-reactive ketones (excluding diaryl/α,β-unsaturated/α-hetero) is 1. The third-order valence-electron chi connectivity index (χ3n) is 3.28. The molecule has 0 heterocycles. The van der Waals surface area contributed by atoms with E-state index in [4.69, 9.17) is 0 Å². The minimum atomic E-state index is 0.207. The van der Waals surface area contributed by atoms with Gasteiger partial charge in [-0.15, -0.1) is 0 Å². The summed E-state index contributed by atoms with van der Waals surface area (Å²) >= 11 is 0. The van der Waals surface area contributed by atoms with Crippen molar-refractivity contribution in [1.82, 2.24) is 0 Å². The minimum Gasteiger partial charge on any atom is -0.295 e. The number of carbonyl (C=O) groups excluding carboxylic acids is 1. The van der Waals surface area contributed by atoms with Crippen LogP contribution in [0.2, 0.25) is 0 Å². The van der Waals surface area contributed by atoms with Gasteiger partial charge in [0.2, 0.25) is 0 Å². The van der Waals surface area contributed by atoms with Gasteiger partial charge in [-0.3, -0.25) is 4.79 Å². The number of hydrogen-bond donors (Lipinski definition) is 0. The Hall–Kier alpha value is -1.11. The summed E-state index contributed by atoms with van der Waals surface area (Å²) in [7, 11) is 0. The molecule has 1 unspecified atom stereocenters. The molecule has 1 nitrogen and oxygen atoms in total. The molecule has 0 N–H and O–H groups in total. The Kier molecular flexibility index (Phi) is 4.72. The molecule has 0 saturated carbocycles. The van der Waals surface area contributed by atoms with Crippen LogP contribution in [0, 0.1) is 11.8 Å². The Balaban J connectivity index is 2.78. The van der Waals surface area contributed by atoms with Crippen molar-refractivity contribution in [2.24, 2.45) is 11.8 Å². The molecule has 0 aromatic rings. The second-order valence-corrected chi connectivity index (χ2v) is 4.99. The highest BCUT2D eigenvalue weighted by Gasteiger charge is 2.15. The molecule has 1 rings (SSSR count). The van der Waals surface area contributed by atoms with Crippen molar-refractivity contribution in [3.05, 3.63) is 36.5 Å². The second kappa shape index (κ2) is 5.83. The largest absolute Gasteiger partial charge is 0.295 e. The molecule has 0 aromatic carbocycles. The van der Waals surface area contributed by atoms with Crippen molar-refractivity contribution >= 4 is 5.78 Å². The third kappa shape index (κ3) is 3.80. The average Bonchev–Trinajstić information content (AvgIpc) is 2.23. The second-order valence-electron chi connectivity index (χ2n) is 4.99. The van der Waals surface area contributed by atoms with E-state index in [9.17, 15) is 4.79 Å². The predicted octanol–water partition coefficient (Wildman–Crippen LogP) is 4.07. The highest BCUT2D eigenvalue weighted by Crippen LogP contribution is 2.24. The monoisotopic (exact) mass is 218 g/mol. The maximum absolute atomic E-state index is 11.7. The first-order valence-corrected chi connectivity index (χ1v) is 6.07. The fourth-order valence-corrected chi connectivity index (χ4v) is 1.93. The molecule has 16 heavy (non-hydrogen) atoms. The van der Waals surface area contributed by atoms with Crippen LogP contribution in [0.15, 0.2) is 36.5 Å². The van der Waals surface area contributed by atoms with E-state index >= 15 is 0 Å². The van der Waals surface area contributed by atoms with Crippen molar-refractivity contribution in [3.63, 3.8) is 0 Å². The lowest BCUT2D eigenvalue weighted by Gasteiger charge is -2.18. The number of ketones is 1. The molecule has 0 aromatic heterocycles. The van der Waals surface area contributed by atoms with Crippen LogP contribution in [0.4, 0.5) is 0 Å². The van der Waals surface area contributed by atoms with Crippen LogP contribution in [0.5, 0.6) is 0 Å². The quantitative estimate of drug-likeness (QED) is 0.606. The van der Waals surface area contributed by atoms with Gasteiger partial charge in [-0.2, -0.15) is 0 Å². The fourth-order valence-electron chi connectivity index (χ4n) is 1.93. The molecular formula is C15H22O. The topological polar surface area (TPSA) is 17.1 Å². The summed E-state index contributed by atoms with van der Waals surface area (Å²) in [5.41, 5.74) is 1.84. The van der Waals surface area contributed by atoms with Crippen LogP contribution in [0.1, 0.15) is 39.5 Å². The summed E-state index contributed by atoms with van der Waals surface area (Å²) in [5, 5.41) is 0. The average molecular weight is 218 g/mol. The summed E-state index contributed by atoms with van der Waals surface area (Å²) < 4.78 is 0. The third-order valence-corrected chi connectivity index (χ3v) is 3.28. The lowest BCUT2D eigenvalue weighted by molar-refractivity contribution is -0.115. The van der Waals surface area contributed by atoms with E-state index in [1.807, 2.05) is 0 Å². The van der Waals surface area contributed by atoms with Crippen LogP contribution in [-0.2, 0) is 4.79 Å². The van der Waals surface area contributed by atoms with E-state index in [0.717, 1.165) is 30.4 Å². The van der Waals surface area contributed by atoms with Crippen molar-refractivity contribution in [3.8, 4) is 0 Å². The number of rotatable bonds is 1. The highest BCUT2D eigenvalue weighted by atomic mass is 16.1. The van der Waals surface area contributed by atoms with Crippen LogP contribution < -0.4 is 0 Å². The van der Waals surface area contributed by atoms with Crippen LogP contribution >= 0.6 is 0 Å². The van der Waals surface area contributed by atoms with E-state index in [1.165, 1.54) is 0 Å². The van der Waals surface area contributed by atoms with Crippen molar-refractivity contribution in [2.45, 2.75) is 39.5 Å². The zero-order chi connectivity index (χ0) is 12.1. The predicted molar refractivity (Wildman–Crippen MR) is 69.2 cm³/mol. The summed E-state index contributed by atoms with van der Waals surface area (Å²) in [6.45, 7) is 12.3. The van der Waals surface area contributed by atoms with Gasteiger partial charge < -0.3 is 0 Å². The standard InChI is InChI=1S/C15H22O/c1-11(2)14-8-5-12(3)6-10-15(16)13(4)7-9-14/h5,8,11,14H,3-4,6-7,9-10H2,1-2H3. The Bertz CT molecular complexity index is 320. The summed E-state index contributed by atoms with van der Waals surface area (Å²) in [4.78, 5) is 11.7. The maximum Gasteiger partial charge on any atom is 0.158 e. The van der Waals surface area contributed by atoms with E-state index in [0.29, 0.717) is 18.3 Å². The van der Waals surface area contributed by atoms with Crippen LogP contribution in [0.3, 0.4) is 0 Å². The van der Waals surface area contributed by atoms with Crippen LogP contribution in [-0.4, -0.2) is 5.78 Å². The first-order chi connectivity index (χ1) is 7.50. The van der Waals surface area contributed by atoms with Crippen molar-refractivity contribution in [1.29, 1.82) is 0 Å². The lowest BCUT2D eigenvalue weighted by atomic mass is 9.86. The van der Waals surface area contributed by atoms with Gasteiger partial charge in [-0.1, -0.05) is 44.7 Å². The molecule has 0 bridgehead atoms. The van der Waals surface area contributed by atoms with Gasteiger partial charge in [-0.25, -0.2) is 0 Å². The highest BCUT2D eigenvalue weighted by molar-refractivity contribution is 5.94. The number of allylic oxidation sites excluding steroid dienone is 4. The molecule has 0 saturated heterocycles. The molecule has 0 spiro atoms. The molecular weight excluding hydrogens is 196 g/mol. The Morgan fingerprint density at radius 1 is 1.25 bits per heavy atom. The fraction of sp³-hybridized carbons (Fsp3) is 0.533. The van der Waals surface area contributed by atoms with Gasteiger partial charge in [0.15, 0.2) is 5.78 Å². The van der Waals surface area contributed by atoms with Crippen molar-refractivity contribution < 1.29 is 4.79 Å². The normalized spacial score (nSPS) is 23.9. The smallest absolute Gasteiger partial charge is 0.158 e. The minimum absolute atomic E-state index is 0.207. The zero-order valence-electron chi connectivity index (χ0n) is 10.5. The number of carbonyl (C=O) groups is 1. The first-order valence-electron chi connectivity index (χ1n) is 6.07. The first kappa shape index (κ1) is 13.0. The Morgan fingerprint density at radius 3 is 2.56 bits per heavy atom. The molecule has 0 amide bonds. The molecule has 1 aliphatic carbocycles. The molecule has 1 heteroatoms. The summed E-state index contributed by atoms with van der Waals surface area (Å²) in [6.07, 6.45) is 7.51. The van der Waals surface area contributed by atoms with E-state index in [1.54, 1.807) is 0 Å².